The highest BCUT2D eigenvalue weighted by atomic mass is 19.4. The predicted molar refractivity (Wildman–Crippen MR) is 54.2 cm³/mol. The van der Waals surface area contributed by atoms with Crippen molar-refractivity contribution >= 4 is 5.57 Å². The Kier molecular flexibility index (Phi) is 4.66. The summed E-state index contributed by atoms with van der Waals surface area (Å²) in [4.78, 5) is 0. The number of benzene rings is 1. The number of allylic oxidation sites excluding steroid dienone is 1. The number of halogens is 5. The Labute approximate surface area is 99.3 Å². The SMILES string of the molecule is OCCOc1ccc(C(=C(F)F)C(F)(F)F)cc1. The molecule has 0 saturated carbocycles. The van der Waals surface area contributed by atoms with Gasteiger partial charge in [-0.3, -0.25) is 0 Å². The molecule has 0 atom stereocenters. The molecule has 0 fully saturated rings. The molecule has 0 aliphatic carbocycles. The van der Waals surface area contributed by atoms with E-state index >= 15 is 0 Å². The van der Waals surface area contributed by atoms with E-state index in [2.05, 4.69) is 0 Å². The maximum Gasteiger partial charge on any atom is 0.422 e. The first-order valence-corrected chi connectivity index (χ1v) is 4.83. The Morgan fingerprint density at radius 2 is 1.67 bits per heavy atom. The van der Waals surface area contributed by atoms with Crippen molar-refractivity contribution in [1.29, 1.82) is 0 Å². The van der Waals surface area contributed by atoms with Gasteiger partial charge < -0.3 is 9.84 Å². The van der Waals surface area contributed by atoms with Crippen LogP contribution in [-0.2, 0) is 0 Å². The topological polar surface area (TPSA) is 29.5 Å². The van der Waals surface area contributed by atoms with Crippen molar-refractivity contribution in [2.24, 2.45) is 0 Å². The van der Waals surface area contributed by atoms with E-state index < -0.39 is 23.4 Å². The van der Waals surface area contributed by atoms with Crippen molar-refractivity contribution in [2.45, 2.75) is 6.18 Å². The number of aliphatic hydroxyl groups excluding tert-OH is 1. The molecule has 18 heavy (non-hydrogen) atoms. The third kappa shape index (κ3) is 3.69. The van der Waals surface area contributed by atoms with Crippen LogP contribution in [0.25, 0.3) is 5.57 Å². The number of hydrogen-bond acceptors (Lipinski definition) is 2. The summed E-state index contributed by atoms with van der Waals surface area (Å²) in [5.74, 6) is 0.189. The van der Waals surface area contributed by atoms with Crippen LogP contribution in [0.5, 0.6) is 5.75 Å². The summed E-state index contributed by atoms with van der Waals surface area (Å²) < 4.78 is 66.5. The largest absolute Gasteiger partial charge is 0.491 e. The second kappa shape index (κ2) is 5.81. The van der Waals surface area contributed by atoms with Gasteiger partial charge in [0.05, 0.1) is 6.61 Å². The fourth-order valence-corrected chi connectivity index (χ4v) is 1.26. The van der Waals surface area contributed by atoms with Gasteiger partial charge in [0, 0.05) is 0 Å². The Bertz CT molecular complexity index is 418. The standard InChI is InChI=1S/C11H9F5O2/c12-10(13)9(11(14,15)16)7-1-3-8(4-2-7)18-6-5-17/h1-4,17H,5-6H2. The van der Waals surface area contributed by atoms with Crippen molar-refractivity contribution in [3.8, 4) is 5.75 Å². The Balaban J connectivity index is 3.00. The quantitative estimate of drug-likeness (QED) is 0.849. The lowest BCUT2D eigenvalue weighted by Gasteiger charge is -2.11. The first kappa shape index (κ1) is 14.4. The number of ether oxygens (including phenoxy) is 1. The minimum absolute atomic E-state index is 0.0290. The van der Waals surface area contributed by atoms with Crippen LogP contribution in [0.3, 0.4) is 0 Å². The molecular formula is C11H9F5O2. The van der Waals surface area contributed by atoms with Gasteiger partial charge >= 0.3 is 6.18 Å². The molecular weight excluding hydrogens is 259 g/mol. The summed E-state index contributed by atoms with van der Waals surface area (Å²) in [6.45, 7) is -0.284. The minimum atomic E-state index is -5.12. The molecule has 100 valence electrons. The van der Waals surface area contributed by atoms with E-state index in [1.165, 1.54) is 0 Å². The molecule has 1 aromatic carbocycles. The van der Waals surface area contributed by atoms with Crippen LogP contribution in [0.4, 0.5) is 22.0 Å². The molecule has 1 rings (SSSR count). The van der Waals surface area contributed by atoms with Gasteiger partial charge in [0.1, 0.15) is 17.9 Å². The molecule has 0 heterocycles. The summed E-state index contributed by atoms with van der Waals surface area (Å²) >= 11 is 0. The zero-order chi connectivity index (χ0) is 13.8. The molecule has 0 saturated heterocycles. The lowest BCUT2D eigenvalue weighted by Crippen LogP contribution is -2.11. The highest BCUT2D eigenvalue weighted by Crippen LogP contribution is 2.37. The Morgan fingerprint density at radius 3 is 2.06 bits per heavy atom. The van der Waals surface area contributed by atoms with Crippen LogP contribution in [-0.4, -0.2) is 24.5 Å². The first-order chi connectivity index (χ1) is 8.36. The van der Waals surface area contributed by atoms with E-state index in [0.717, 1.165) is 24.3 Å². The van der Waals surface area contributed by atoms with Crippen molar-refractivity contribution in [1.82, 2.24) is 0 Å². The summed E-state index contributed by atoms with van der Waals surface area (Å²) in [5, 5.41) is 8.47. The van der Waals surface area contributed by atoms with Gasteiger partial charge in [-0.2, -0.15) is 22.0 Å². The van der Waals surface area contributed by atoms with E-state index in [9.17, 15) is 22.0 Å². The fraction of sp³-hybridized carbons (Fsp3) is 0.273. The van der Waals surface area contributed by atoms with Crippen molar-refractivity contribution in [3.05, 3.63) is 35.9 Å². The van der Waals surface area contributed by atoms with Crippen LogP contribution in [0, 0.1) is 0 Å². The van der Waals surface area contributed by atoms with Crippen molar-refractivity contribution < 1.29 is 31.8 Å². The van der Waals surface area contributed by atoms with Crippen LogP contribution in [0.1, 0.15) is 5.56 Å². The van der Waals surface area contributed by atoms with Gasteiger partial charge in [-0.05, 0) is 17.7 Å². The second-order valence-corrected chi connectivity index (χ2v) is 3.23. The second-order valence-electron chi connectivity index (χ2n) is 3.23. The smallest absolute Gasteiger partial charge is 0.422 e. The lowest BCUT2D eigenvalue weighted by molar-refractivity contribution is -0.0711. The molecule has 0 spiro atoms. The molecule has 7 heteroatoms. The van der Waals surface area contributed by atoms with Crippen LogP contribution < -0.4 is 4.74 Å². The highest BCUT2D eigenvalue weighted by Gasteiger charge is 2.38. The van der Waals surface area contributed by atoms with E-state index in [4.69, 9.17) is 9.84 Å². The van der Waals surface area contributed by atoms with Gasteiger partial charge in [-0.1, -0.05) is 12.1 Å². The summed E-state index contributed by atoms with van der Waals surface area (Å²) in [6.07, 6.45) is -7.90. The zero-order valence-corrected chi connectivity index (χ0v) is 8.97. The summed E-state index contributed by atoms with van der Waals surface area (Å²) in [7, 11) is 0. The molecule has 0 unspecified atom stereocenters. The Hall–Kier alpha value is -1.63. The third-order valence-corrected chi connectivity index (χ3v) is 1.98. The van der Waals surface area contributed by atoms with Crippen LogP contribution >= 0.6 is 0 Å². The van der Waals surface area contributed by atoms with E-state index in [1.807, 2.05) is 0 Å². The average molecular weight is 268 g/mol. The Morgan fingerprint density at radius 1 is 1.11 bits per heavy atom. The number of alkyl halides is 3. The van der Waals surface area contributed by atoms with E-state index in [0.29, 0.717) is 0 Å². The molecule has 1 aromatic rings. The molecule has 1 N–H and O–H groups in total. The third-order valence-electron chi connectivity index (χ3n) is 1.98. The van der Waals surface area contributed by atoms with Crippen molar-refractivity contribution in [3.63, 3.8) is 0 Å². The molecule has 0 bridgehead atoms. The number of aliphatic hydroxyl groups is 1. The first-order valence-electron chi connectivity index (χ1n) is 4.83. The van der Waals surface area contributed by atoms with Crippen molar-refractivity contribution in [2.75, 3.05) is 13.2 Å². The molecule has 2 nitrogen and oxygen atoms in total. The van der Waals surface area contributed by atoms with Gasteiger partial charge in [-0.25, -0.2) is 0 Å². The number of rotatable bonds is 4. The maximum atomic E-state index is 12.4. The van der Waals surface area contributed by atoms with Gasteiger partial charge in [0.2, 0.25) is 0 Å². The zero-order valence-electron chi connectivity index (χ0n) is 8.97. The number of hydrogen-bond donors (Lipinski definition) is 1. The summed E-state index contributed by atoms with van der Waals surface area (Å²) in [5.41, 5.74) is -2.60. The monoisotopic (exact) mass is 268 g/mol. The predicted octanol–water partition coefficient (Wildman–Crippen LogP) is 3.23. The van der Waals surface area contributed by atoms with Gasteiger partial charge in [-0.15, -0.1) is 0 Å². The maximum absolute atomic E-state index is 12.4. The minimum Gasteiger partial charge on any atom is -0.491 e. The molecule has 0 aromatic heterocycles. The van der Waals surface area contributed by atoms with E-state index in [-0.39, 0.29) is 19.0 Å². The molecule has 0 amide bonds. The highest BCUT2D eigenvalue weighted by molar-refractivity contribution is 5.70. The normalized spacial score (nSPS) is 11.2. The van der Waals surface area contributed by atoms with Crippen LogP contribution in [0.15, 0.2) is 30.3 Å². The van der Waals surface area contributed by atoms with E-state index in [1.54, 1.807) is 0 Å². The molecule has 0 aliphatic heterocycles. The summed E-state index contributed by atoms with van der Waals surface area (Å²) in [6, 6.07) is 4.02. The molecule has 0 radical (unpaired) electrons. The molecule has 0 aliphatic rings. The average Bonchev–Trinajstić information content (AvgIpc) is 2.25. The lowest BCUT2D eigenvalue weighted by atomic mass is 10.1. The van der Waals surface area contributed by atoms with Crippen LogP contribution in [0.2, 0.25) is 0 Å². The fourth-order valence-electron chi connectivity index (χ4n) is 1.26. The van der Waals surface area contributed by atoms with Gasteiger partial charge in [0.25, 0.3) is 6.08 Å². The van der Waals surface area contributed by atoms with Gasteiger partial charge in [0.15, 0.2) is 0 Å².